The average Bonchev–Trinajstić information content (AvgIpc) is 2.41. The summed E-state index contributed by atoms with van der Waals surface area (Å²) in [5.74, 6) is -0.821. The number of amidine groups is 1. The Morgan fingerprint density at radius 1 is 1.50 bits per heavy atom. The molecule has 0 aromatic heterocycles. The van der Waals surface area contributed by atoms with Gasteiger partial charge in [-0.2, -0.15) is 0 Å². The highest BCUT2D eigenvalue weighted by atomic mass is 35.5. The topological polar surface area (TPSA) is 125 Å². The zero-order valence-electron chi connectivity index (χ0n) is 11.7. The van der Waals surface area contributed by atoms with Crippen molar-refractivity contribution in [1.82, 2.24) is 0 Å². The molecular weight excluding hydrogens is 326 g/mol. The highest BCUT2D eigenvalue weighted by Gasteiger charge is 2.33. The lowest BCUT2D eigenvalue weighted by atomic mass is 10.2. The number of nitrogens with one attached hydrogen (secondary N) is 2. The summed E-state index contributed by atoms with van der Waals surface area (Å²) in [7, 11) is 0. The maximum absolute atomic E-state index is 12.3. The number of hydrogen-bond acceptors (Lipinski definition) is 4. The van der Waals surface area contributed by atoms with Crippen LogP contribution >= 0.6 is 23.4 Å². The van der Waals surface area contributed by atoms with E-state index in [9.17, 15) is 9.59 Å². The molecule has 0 aliphatic carbocycles. The summed E-state index contributed by atoms with van der Waals surface area (Å²) in [6, 6.07) is 5.20. The summed E-state index contributed by atoms with van der Waals surface area (Å²) >= 11 is 7.11. The molecule has 22 heavy (non-hydrogen) atoms. The smallest absolute Gasteiger partial charge is 0.348 e. The van der Waals surface area contributed by atoms with Crippen LogP contribution in [0, 0.1) is 6.92 Å². The van der Waals surface area contributed by atoms with E-state index in [0.717, 1.165) is 17.3 Å². The highest BCUT2D eigenvalue weighted by Crippen LogP contribution is 2.23. The SMILES string of the molecule is Cc1ccc(NC(=O)[C@@H]2CC(=O)[NH+]=C(N=C(N)N)S2)cc1Cl. The van der Waals surface area contributed by atoms with Crippen LogP contribution in [0.3, 0.4) is 0 Å². The largest absolute Gasteiger partial charge is 0.364 e. The van der Waals surface area contributed by atoms with Crippen LogP contribution in [-0.2, 0) is 9.59 Å². The number of benzene rings is 1. The van der Waals surface area contributed by atoms with Gasteiger partial charge < -0.3 is 16.8 Å². The quantitative estimate of drug-likeness (QED) is 0.420. The summed E-state index contributed by atoms with van der Waals surface area (Å²) in [5, 5.41) is 2.87. The highest BCUT2D eigenvalue weighted by molar-refractivity contribution is 8.14. The lowest BCUT2D eigenvalue weighted by Crippen LogP contribution is -2.79. The van der Waals surface area contributed by atoms with Crippen molar-refractivity contribution in [1.29, 1.82) is 0 Å². The van der Waals surface area contributed by atoms with Gasteiger partial charge >= 0.3 is 17.0 Å². The summed E-state index contributed by atoms with van der Waals surface area (Å²) in [4.78, 5) is 30.2. The van der Waals surface area contributed by atoms with E-state index in [1.165, 1.54) is 0 Å². The molecule has 2 rings (SSSR count). The van der Waals surface area contributed by atoms with E-state index in [0.29, 0.717) is 10.7 Å². The van der Waals surface area contributed by atoms with E-state index in [4.69, 9.17) is 23.1 Å². The zero-order valence-corrected chi connectivity index (χ0v) is 13.3. The van der Waals surface area contributed by atoms with Crippen LogP contribution in [0.2, 0.25) is 5.02 Å². The molecule has 9 heteroatoms. The first-order chi connectivity index (χ1) is 10.3. The number of guanidine groups is 1. The number of halogens is 1. The normalized spacial score (nSPS) is 17.6. The molecule has 1 heterocycles. The molecule has 0 saturated heterocycles. The van der Waals surface area contributed by atoms with Crippen LogP contribution in [-0.4, -0.2) is 28.2 Å². The average molecular weight is 341 g/mol. The second-order valence-corrected chi connectivity index (χ2v) is 6.25. The molecule has 0 spiro atoms. The maximum atomic E-state index is 12.3. The fourth-order valence-electron chi connectivity index (χ4n) is 1.76. The number of nitrogens with two attached hydrogens (primary N) is 2. The number of rotatable bonds is 2. The Labute approximate surface area is 136 Å². The van der Waals surface area contributed by atoms with Gasteiger partial charge in [0.2, 0.25) is 5.91 Å². The van der Waals surface area contributed by atoms with Crippen molar-refractivity contribution < 1.29 is 14.6 Å². The van der Waals surface area contributed by atoms with Crippen molar-refractivity contribution in [2.45, 2.75) is 18.6 Å². The fraction of sp³-hybridized carbons (Fsp3) is 0.231. The van der Waals surface area contributed by atoms with E-state index >= 15 is 0 Å². The van der Waals surface area contributed by atoms with Crippen molar-refractivity contribution in [3.63, 3.8) is 0 Å². The predicted octanol–water partition coefficient (Wildman–Crippen LogP) is -0.671. The summed E-state index contributed by atoms with van der Waals surface area (Å²) < 4.78 is 0. The van der Waals surface area contributed by atoms with E-state index in [1.807, 2.05) is 6.92 Å². The minimum Gasteiger partial charge on any atom is -0.348 e. The molecule has 2 amide bonds. The van der Waals surface area contributed by atoms with Crippen molar-refractivity contribution in [2.75, 3.05) is 5.32 Å². The molecule has 1 atom stereocenters. The van der Waals surface area contributed by atoms with E-state index in [-0.39, 0.29) is 29.4 Å². The van der Waals surface area contributed by atoms with Crippen LogP contribution in [0.1, 0.15) is 12.0 Å². The van der Waals surface area contributed by atoms with Crippen molar-refractivity contribution in [3.8, 4) is 0 Å². The Bertz CT molecular complexity index is 685. The summed E-state index contributed by atoms with van der Waals surface area (Å²) in [6.45, 7) is 1.87. The molecule has 1 aliphatic rings. The Morgan fingerprint density at radius 3 is 2.86 bits per heavy atom. The molecule has 0 radical (unpaired) electrons. The Balaban J connectivity index is 2.09. The van der Waals surface area contributed by atoms with E-state index < -0.39 is 5.25 Å². The second kappa shape index (κ2) is 6.80. The molecule has 0 unspecified atom stereocenters. The van der Waals surface area contributed by atoms with E-state index in [2.05, 4.69) is 15.3 Å². The van der Waals surface area contributed by atoms with Crippen LogP contribution < -0.4 is 21.8 Å². The summed E-state index contributed by atoms with van der Waals surface area (Å²) in [6.07, 6.45) is 0.0413. The number of hydrogen-bond donors (Lipinski definition) is 4. The standard InChI is InChI=1S/C13H14ClN5O2S/c1-6-2-3-7(4-8(6)14)17-11(21)9-5-10(20)18-13(22-9)19-12(15)16/h2-4,9H,5H2,1H3,(H,17,21)(H4,15,16,18,19,20)/p+1/t9-/m0/s1. The van der Waals surface area contributed by atoms with Gasteiger partial charge in [-0.3, -0.25) is 4.79 Å². The van der Waals surface area contributed by atoms with Gasteiger partial charge in [-0.25, -0.2) is 9.79 Å². The molecule has 1 aromatic rings. The minimum absolute atomic E-state index is 0.0413. The number of carbonyl (C=O) groups is 2. The Morgan fingerprint density at radius 2 is 2.23 bits per heavy atom. The van der Waals surface area contributed by atoms with Crippen molar-refractivity contribution in [2.24, 2.45) is 16.5 Å². The Hall–Kier alpha value is -2.06. The molecule has 1 aliphatic heterocycles. The van der Waals surface area contributed by atoms with Gasteiger partial charge in [0, 0.05) is 15.7 Å². The molecule has 0 bridgehead atoms. The minimum atomic E-state index is -0.619. The summed E-state index contributed by atoms with van der Waals surface area (Å²) in [5.41, 5.74) is 12.0. The zero-order chi connectivity index (χ0) is 16.3. The lowest BCUT2D eigenvalue weighted by molar-refractivity contribution is -0.376. The number of amides is 2. The Kier molecular flexibility index (Phi) is 5.04. The van der Waals surface area contributed by atoms with E-state index in [1.54, 1.807) is 18.2 Å². The lowest BCUT2D eigenvalue weighted by Gasteiger charge is -2.15. The van der Waals surface area contributed by atoms with Crippen LogP contribution in [0.5, 0.6) is 0 Å². The molecule has 1 aromatic carbocycles. The third kappa shape index (κ3) is 4.22. The first-order valence-electron chi connectivity index (χ1n) is 6.35. The fourth-order valence-corrected chi connectivity index (χ4v) is 2.94. The van der Waals surface area contributed by atoms with Gasteiger partial charge in [-0.05, 0) is 36.4 Å². The maximum Gasteiger partial charge on any atom is 0.364 e. The predicted molar refractivity (Wildman–Crippen MR) is 87.6 cm³/mol. The van der Waals surface area contributed by atoms with Gasteiger partial charge in [0.1, 0.15) is 5.25 Å². The van der Waals surface area contributed by atoms with Crippen LogP contribution in [0.4, 0.5) is 5.69 Å². The molecule has 6 N–H and O–H groups in total. The monoisotopic (exact) mass is 340 g/mol. The third-order valence-corrected chi connectivity index (χ3v) is 4.32. The van der Waals surface area contributed by atoms with Crippen LogP contribution in [0.25, 0.3) is 0 Å². The number of anilines is 1. The molecular formula is C13H15ClN5O2S+. The van der Waals surface area contributed by atoms with Gasteiger partial charge in [0.25, 0.3) is 0 Å². The molecule has 0 saturated carbocycles. The second-order valence-electron chi connectivity index (χ2n) is 4.65. The molecule has 116 valence electrons. The molecule has 0 fully saturated rings. The van der Waals surface area contributed by atoms with Gasteiger partial charge in [0.05, 0.1) is 6.42 Å². The van der Waals surface area contributed by atoms with Crippen molar-refractivity contribution >= 4 is 52.0 Å². The van der Waals surface area contributed by atoms with Gasteiger partial charge in [0.15, 0.2) is 0 Å². The third-order valence-electron chi connectivity index (χ3n) is 2.83. The molecule has 7 nitrogen and oxygen atoms in total. The van der Waals surface area contributed by atoms with Gasteiger partial charge in [-0.15, -0.1) is 0 Å². The first kappa shape index (κ1) is 16.3. The van der Waals surface area contributed by atoms with Gasteiger partial charge in [-0.1, -0.05) is 17.7 Å². The van der Waals surface area contributed by atoms with Crippen LogP contribution in [0.15, 0.2) is 23.2 Å². The number of aliphatic imine (C=N–C) groups is 1. The first-order valence-corrected chi connectivity index (χ1v) is 7.61. The number of thioether (sulfide) groups is 1. The number of aryl methyl sites for hydroxylation is 1. The van der Waals surface area contributed by atoms with Crippen molar-refractivity contribution in [3.05, 3.63) is 28.8 Å². The number of nitrogens with zero attached hydrogens (tertiary/aromatic N) is 1. The number of carbonyl (C=O) groups excluding carboxylic acids is 2.